The Morgan fingerprint density at radius 1 is 1.44 bits per heavy atom. The molecule has 1 unspecified atom stereocenters. The molecule has 5 nitrogen and oxygen atoms in total. The number of nitrogens with one attached hydrogen (secondary N) is 1. The molecule has 2 rings (SSSR count). The predicted octanol–water partition coefficient (Wildman–Crippen LogP) is 0.473. The third-order valence-electron chi connectivity index (χ3n) is 3.01. The first-order valence-corrected chi connectivity index (χ1v) is 5.79. The molecule has 1 saturated heterocycles. The second-order valence-corrected chi connectivity index (χ2v) is 4.31. The van der Waals surface area contributed by atoms with Crippen molar-refractivity contribution in [2.75, 3.05) is 25.1 Å². The molecule has 0 aliphatic carbocycles. The number of para-hydroxylation sites is 1. The van der Waals surface area contributed by atoms with Crippen LogP contribution in [0.15, 0.2) is 24.3 Å². The maximum atomic E-state index is 11.6. The first kappa shape index (κ1) is 12.4. The minimum atomic E-state index is -0.601. The molecule has 0 aromatic heterocycles. The maximum absolute atomic E-state index is 11.6. The van der Waals surface area contributed by atoms with Crippen LogP contribution in [0.4, 0.5) is 5.69 Å². The summed E-state index contributed by atoms with van der Waals surface area (Å²) in [6, 6.07) is 7.19. The number of hydrogen-bond donors (Lipinski definition) is 1. The molecule has 0 radical (unpaired) electrons. The van der Waals surface area contributed by atoms with Crippen LogP contribution >= 0.6 is 0 Å². The number of anilines is 1. The van der Waals surface area contributed by atoms with Gasteiger partial charge in [-0.1, -0.05) is 18.2 Å². The Hall–Kier alpha value is -2.04. The highest BCUT2D eigenvalue weighted by Gasteiger charge is 2.30. The molecule has 0 bridgehead atoms. The van der Waals surface area contributed by atoms with Crippen LogP contribution in [0.25, 0.3) is 0 Å². The lowest BCUT2D eigenvalue weighted by Crippen LogP contribution is -2.57. The molecule has 1 aromatic rings. The fourth-order valence-electron chi connectivity index (χ4n) is 2.12. The largest absolute Gasteiger partial charge is 0.467 e. The number of carbonyl (C=O) groups excluding carboxylic acids is 2. The first-order valence-electron chi connectivity index (χ1n) is 5.79. The van der Waals surface area contributed by atoms with Gasteiger partial charge in [0.2, 0.25) is 5.91 Å². The van der Waals surface area contributed by atoms with Crippen LogP contribution in [0.3, 0.4) is 0 Å². The van der Waals surface area contributed by atoms with Crippen molar-refractivity contribution in [2.24, 2.45) is 0 Å². The molecule has 1 amide bonds. The first-order chi connectivity index (χ1) is 8.61. The Morgan fingerprint density at radius 2 is 2.17 bits per heavy atom. The van der Waals surface area contributed by atoms with E-state index in [9.17, 15) is 9.59 Å². The van der Waals surface area contributed by atoms with E-state index in [2.05, 4.69) is 10.1 Å². The van der Waals surface area contributed by atoms with Gasteiger partial charge < -0.3 is 15.0 Å². The molecule has 1 atom stereocenters. The quantitative estimate of drug-likeness (QED) is 0.773. The van der Waals surface area contributed by atoms with Crippen molar-refractivity contribution in [3.63, 3.8) is 0 Å². The highest BCUT2D eigenvalue weighted by atomic mass is 16.5. The Kier molecular flexibility index (Phi) is 3.50. The average Bonchev–Trinajstić information content (AvgIpc) is 2.37. The zero-order chi connectivity index (χ0) is 13.1. The Bertz CT molecular complexity index is 473. The van der Waals surface area contributed by atoms with Crippen LogP contribution in [0, 0.1) is 6.92 Å². The van der Waals surface area contributed by atoms with Gasteiger partial charge in [-0.2, -0.15) is 0 Å². The molecule has 96 valence electrons. The van der Waals surface area contributed by atoms with E-state index in [1.807, 2.05) is 36.1 Å². The molecular formula is C13H16N2O3. The molecule has 1 aliphatic heterocycles. The van der Waals surface area contributed by atoms with Crippen molar-refractivity contribution in [2.45, 2.75) is 13.0 Å². The van der Waals surface area contributed by atoms with Gasteiger partial charge in [0.15, 0.2) is 0 Å². The molecule has 18 heavy (non-hydrogen) atoms. The number of benzene rings is 1. The number of methoxy groups -OCH3 is 1. The van der Waals surface area contributed by atoms with Gasteiger partial charge in [-0.25, -0.2) is 4.79 Å². The summed E-state index contributed by atoms with van der Waals surface area (Å²) in [5.41, 5.74) is 2.05. The third kappa shape index (κ3) is 2.45. The van der Waals surface area contributed by atoms with E-state index in [0.717, 1.165) is 11.3 Å². The summed E-state index contributed by atoms with van der Waals surface area (Å²) in [5, 5.41) is 2.63. The minimum Gasteiger partial charge on any atom is -0.467 e. The number of carbonyl (C=O) groups is 2. The molecule has 1 heterocycles. The van der Waals surface area contributed by atoms with E-state index in [1.54, 1.807) is 0 Å². The van der Waals surface area contributed by atoms with Crippen molar-refractivity contribution < 1.29 is 14.3 Å². The molecule has 1 fully saturated rings. The van der Waals surface area contributed by atoms with E-state index < -0.39 is 12.0 Å². The third-order valence-corrected chi connectivity index (χ3v) is 3.01. The average molecular weight is 248 g/mol. The Balaban J connectivity index is 2.21. The second kappa shape index (κ2) is 5.08. The number of nitrogens with zero attached hydrogens (tertiary/aromatic N) is 1. The second-order valence-electron chi connectivity index (χ2n) is 4.31. The zero-order valence-corrected chi connectivity index (χ0v) is 10.5. The van der Waals surface area contributed by atoms with Gasteiger partial charge in [0.25, 0.3) is 0 Å². The Labute approximate surface area is 106 Å². The lowest BCUT2D eigenvalue weighted by molar-refractivity contribution is -0.145. The smallest absolute Gasteiger partial charge is 0.330 e. The van der Waals surface area contributed by atoms with Gasteiger partial charge in [-0.15, -0.1) is 0 Å². The Morgan fingerprint density at radius 3 is 2.83 bits per heavy atom. The predicted molar refractivity (Wildman–Crippen MR) is 67.3 cm³/mol. The summed E-state index contributed by atoms with van der Waals surface area (Å²) in [7, 11) is 1.32. The van der Waals surface area contributed by atoms with Gasteiger partial charge in [-0.05, 0) is 18.6 Å². The van der Waals surface area contributed by atoms with Crippen molar-refractivity contribution in [3.05, 3.63) is 29.8 Å². The summed E-state index contributed by atoms with van der Waals surface area (Å²) >= 11 is 0. The maximum Gasteiger partial charge on any atom is 0.330 e. The normalized spacial score (nSPS) is 19.3. The lowest BCUT2D eigenvalue weighted by atomic mass is 10.1. The van der Waals surface area contributed by atoms with Crippen molar-refractivity contribution >= 4 is 17.6 Å². The van der Waals surface area contributed by atoms with E-state index in [-0.39, 0.29) is 12.5 Å². The molecular weight excluding hydrogens is 232 g/mol. The topological polar surface area (TPSA) is 58.6 Å². The summed E-state index contributed by atoms with van der Waals surface area (Å²) in [5.74, 6) is -0.582. The molecule has 1 aliphatic rings. The van der Waals surface area contributed by atoms with Crippen LogP contribution in [0.1, 0.15) is 5.56 Å². The zero-order valence-electron chi connectivity index (χ0n) is 10.5. The van der Waals surface area contributed by atoms with Gasteiger partial charge in [0.05, 0.1) is 13.7 Å². The van der Waals surface area contributed by atoms with Crippen molar-refractivity contribution in [3.8, 4) is 0 Å². The fourth-order valence-corrected chi connectivity index (χ4v) is 2.12. The summed E-state index contributed by atoms with van der Waals surface area (Å²) in [4.78, 5) is 25.0. The van der Waals surface area contributed by atoms with E-state index in [4.69, 9.17) is 0 Å². The highest BCUT2D eigenvalue weighted by molar-refractivity contribution is 5.90. The number of esters is 1. The summed E-state index contributed by atoms with van der Waals surface area (Å²) < 4.78 is 4.67. The van der Waals surface area contributed by atoms with Crippen LogP contribution in [-0.2, 0) is 14.3 Å². The number of ether oxygens (including phenoxy) is 1. The number of amides is 1. The van der Waals surface area contributed by atoms with E-state index in [0.29, 0.717) is 6.54 Å². The molecule has 0 saturated carbocycles. The van der Waals surface area contributed by atoms with Crippen LogP contribution in [0.2, 0.25) is 0 Å². The van der Waals surface area contributed by atoms with Crippen molar-refractivity contribution in [1.29, 1.82) is 0 Å². The van der Waals surface area contributed by atoms with Crippen LogP contribution in [-0.4, -0.2) is 38.1 Å². The lowest BCUT2D eigenvalue weighted by Gasteiger charge is -2.33. The highest BCUT2D eigenvalue weighted by Crippen LogP contribution is 2.20. The van der Waals surface area contributed by atoms with Crippen molar-refractivity contribution in [1.82, 2.24) is 5.32 Å². The van der Waals surface area contributed by atoms with Gasteiger partial charge in [-0.3, -0.25) is 4.79 Å². The number of piperazine rings is 1. The van der Waals surface area contributed by atoms with Crippen LogP contribution < -0.4 is 10.2 Å². The van der Waals surface area contributed by atoms with Gasteiger partial charge in [0, 0.05) is 12.2 Å². The molecule has 5 heteroatoms. The van der Waals surface area contributed by atoms with Gasteiger partial charge >= 0.3 is 5.97 Å². The number of aryl methyl sites for hydroxylation is 1. The monoisotopic (exact) mass is 248 g/mol. The number of hydrogen-bond acceptors (Lipinski definition) is 4. The number of rotatable bonds is 2. The summed E-state index contributed by atoms with van der Waals surface area (Å²) in [6.07, 6.45) is 0. The molecule has 1 aromatic carbocycles. The SMILES string of the molecule is COC(=O)C1CN(c2ccccc2C)CC(=O)N1. The standard InChI is InChI=1S/C13H16N2O3/c1-9-5-3-4-6-11(9)15-7-10(13(17)18-2)14-12(16)8-15/h3-6,10H,7-8H2,1-2H3,(H,14,16). The minimum absolute atomic E-state index is 0.167. The van der Waals surface area contributed by atoms with Crippen LogP contribution in [0.5, 0.6) is 0 Å². The fraction of sp³-hybridized carbons (Fsp3) is 0.385. The summed E-state index contributed by atoms with van der Waals surface area (Å²) in [6.45, 7) is 2.68. The van der Waals surface area contributed by atoms with E-state index >= 15 is 0 Å². The van der Waals surface area contributed by atoms with Gasteiger partial charge in [0.1, 0.15) is 6.04 Å². The molecule has 1 N–H and O–H groups in total. The van der Waals surface area contributed by atoms with E-state index in [1.165, 1.54) is 7.11 Å². The molecule has 0 spiro atoms.